The molecule has 1 aromatic heterocycles. The number of benzene rings is 2. The van der Waals surface area contributed by atoms with Gasteiger partial charge in [0.2, 0.25) is 0 Å². The van der Waals surface area contributed by atoms with Crippen molar-refractivity contribution in [1.29, 1.82) is 0 Å². The van der Waals surface area contributed by atoms with Crippen LogP contribution in [0.4, 0.5) is 0 Å². The van der Waals surface area contributed by atoms with Gasteiger partial charge in [0.25, 0.3) is 0 Å². The molecule has 0 radical (unpaired) electrons. The lowest BCUT2D eigenvalue weighted by Gasteiger charge is -2.08. The SMILES string of the molecule is CCCCCCCCCCOCc1ccc(-c2ccc(OC(=O)c3ccc(CCCCCCCCCC)cc3)cc2)nc1. The summed E-state index contributed by atoms with van der Waals surface area (Å²) >= 11 is 0. The van der Waals surface area contributed by atoms with Crippen molar-refractivity contribution in [2.24, 2.45) is 0 Å². The summed E-state index contributed by atoms with van der Waals surface area (Å²) in [7, 11) is 0. The minimum Gasteiger partial charge on any atom is -0.423 e. The molecule has 0 spiro atoms. The number of rotatable bonds is 23. The Balaban J connectivity index is 1.32. The molecule has 4 heteroatoms. The highest BCUT2D eigenvalue weighted by molar-refractivity contribution is 5.91. The lowest BCUT2D eigenvalue weighted by molar-refractivity contribution is 0.0734. The van der Waals surface area contributed by atoms with Gasteiger partial charge in [-0.25, -0.2) is 4.79 Å². The van der Waals surface area contributed by atoms with Gasteiger partial charge in [-0.1, -0.05) is 122 Å². The van der Waals surface area contributed by atoms with E-state index in [4.69, 9.17) is 9.47 Å². The van der Waals surface area contributed by atoms with Gasteiger partial charge < -0.3 is 9.47 Å². The molecule has 0 aliphatic carbocycles. The number of nitrogens with zero attached hydrogens (tertiary/aromatic N) is 1. The first kappa shape index (κ1) is 34.5. The highest BCUT2D eigenvalue weighted by Gasteiger charge is 2.09. The number of hydrogen-bond acceptors (Lipinski definition) is 4. The van der Waals surface area contributed by atoms with Crippen molar-refractivity contribution in [1.82, 2.24) is 4.98 Å². The van der Waals surface area contributed by atoms with Crippen molar-refractivity contribution < 1.29 is 14.3 Å². The highest BCUT2D eigenvalue weighted by atomic mass is 16.5. The van der Waals surface area contributed by atoms with Gasteiger partial charge in [-0.05, 0) is 72.9 Å². The fourth-order valence-electron chi connectivity index (χ4n) is 5.34. The Morgan fingerprint density at radius 1 is 0.605 bits per heavy atom. The van der Waals surface area contributed by atoms with Gasteiger partial charge in [0.05, 0.1) is 17.9 Å². The van der Waals surface area contributed by atoms with Crippen LogP contribution in [0.2, 0.25) is 0 Å². The number of pyridine rings is 1. The van der Waals surface area contributed by atoms with Crippen molar-refractivity contribution >= 4 is 5.97 Å². The summed E-state index contributed by atoms with van der Waals surface area (Å²) in [5, 5.41) is 0. The van der Waals surface area contributed by atoms with Gasteiger partial charge in [0.15, 0.2) is 0 Å². The van der Waals surface area contributed by atoms with Crippen LogP contribution in [0.25, 0.3) is 11.3 Å². The molecule has 0 amide bonds. The number of aromatic nitrogens is 1. The molecule has 43 heavy (non-hydrogen) atoms. The lowest BCUT2D eigenvalue weighted by atomic mass is 10.0. The molecule has 3 aromatic rings. The van der Waals surface area contributed by atoms with Crippen molar-refractivity contribution in [2.45, 2.75) is 130 Å². The summed E-state index contributed by atoms with van der Waals surface area (Å²) in [5.41, 5.74) is 4.80. The van der Waals surface area contributed by atoms with Gasteiger partial charge in [-0.2, -0.15) is 0 Å². The molecule has 0 bridgehead atoms. The third-order valence-electron chi connectivity index (χ3n) is 8.10. The second-order valence-electron chi connectivity index (χ2n) is 11.9. The standard InChI is InChI=1S/C39H55NO3/c1-3-5-7-9-11-13-15-17-19-33-20-23-36(24-21-33)39(41)43-37-27-25-35(26-28-37)38-29-22-34(31-40-38)32-42-30-18-16-14-12-10-8-6-4-2/h20-29,31H,3-19,30,32H2,1-2H3. The van der Waals surface area contributed by atoms with Crippen LogP contribution in [0.15, 0.2) is 66.9 Å². The third-order valence-corrected chi connectivity index (χ3v) is 8.10. The van der Waals surface area contributed by atoms with Gasteiger partial charge in [0.1, 0.15) is 5.75 Å². The average Bonchev–Trinajstić information content (AvgIpc) is 3.04. The monoisotopic (exact) mass is 585 g/mol. The molecule has 234 valence electrons. The van der Waals surface area contributed by atoms with Crippen LogP contribution in [0, 0.1) is 0 Å². The van der Waals surface area contributed by atoms with Crippen LogP contribution in [-0.2, 0) is 17.8 Å². The van der Waals surface area contributed by atoms with E-state index >= 15 is 0 Å². The third kappa shape index (κ3) is 14.4. The first-order chi connectivity index (χ1) is 21.2. The highest BCUT2D eigenvalue weighted by Crippen LogP contribution is 2.22. The predicted octanol–water partition coefficient (Wildman–Crippen LogP) is 11.3. The van der Waals surface area contributed by atoms with E-state index < -0.39 is 0 Å². The maximum Gasteiger partial charge on any atom is 0.343 e. The Morgan fingerprint density at radius 2 is 1.16 bits per heavy atom. The molecule has 0 saturated heterocycles. The Labute approximate surface area is 261 Å². The number of unbranched alkanes of at least 4 members (excludes halogenated alkanes) is 14. The summed E-state index contributed by atoms with van der Waals surface area (Å²) in [6, 6.07) is 19.5. The van der Waals surface area contributed by atoms with E-state index in [2.05, 4.69) is 37.0 Å². The number of esters is 1. The summed E-state index contributed by atoms with van der Waals surface area (Å²) in [6.45, 7) is 5.92. The lowest BCUT2D eigenvalue weighted by Crippen LogP contribution is -2.08. The molecule has 0 aliphatic heterocycles. The van der Waals surface area contributed by atoms with Crippen LogP contribution in [0.3, 0.4) is 0 Å². The number of carbonyl (C=O) groups is 1. The maximum absolute atomic E-state index is 12.7. The topological polar surface area (TPSA) is 48.4 Å². The van der Waals surface area contributed by atoms with E-state index in [9.17, 15) is 4.79 Å². The smallest absolute Gasteiger partial charge is 0.343 e. The molecule has 0 N–H and O–H groups in total. The van der Waals surface area contributed by atoms with E-state index in [0.717, 1.165) is 36.3 Å². The average molecular weight is 586 g/mol. The molecular formula is C39H55NO3. The van der Waals surface area contributed by atoms with Crippen LogP contribution in [0.1, 0.15) is 138 Å². The van der Waals surface area contributed by atoms with Gasteiger partial charge in [-0.3, -0.25) is 4.98 Å². The fraction of sp³-hybridized carbons (Fsp3) is 0.538. The largest absolute Gasteiger partial charge is 0.423 e. The number of ether oxygens (including phenoxy) is 2. The van der Waals surface area contributed by atoms with Crippen molar-refractivity contribution in [3.05, 3.63) is 83.6 Å². The van der Waals surface area contributed by atoms with Gasteiger partial charge in [-0.15, -0.1) is 0 Å². The van der Waals surface area contributed by atoms with E-state index in [1.165, 1.54) is 102 Å². The number of hydrogen-bond donors (Lipinski definition) is 0. The molecular weight excluding hydrogens is 530 g/mol. The van der Waals surface area contributed by atoms with Crippen LogP contribution >= 0.6 is 0 Å². The molecule has 0 atom stereocenters. The second kappa shape index (κ2) is 21.7. The van der Waals surface area contributed by atoms with Crippen molar-refractivity contribution in [3.8, 4) is 17.0 Å². The van der Waals surface area contributed by atoms with Crippen LogP contribution < -0.4 is 4.74 Å². The zero-order valence-corrected chi connectivity index (χ0v) is 27.0. The Morgan fingerprint density at radius 3 is 1.74 bits per heavy atom. The van der Waals surface area contributed by atoms with Crippen LogP contribution in [-0.4, -0.2) is 17.6 Å². The molecule has 2 aromatic carbocycles. The Kier molecular flexibility index (Phi) is 17.4. The van der Waals surface area contributed by atoms with E-state index in [1.807, 2.05) is 48.7 Å². The normalized spacial score (nSPS) is 11.1. The van der Waals surface area contributed by atoms with Crippen molar-refractivity contribution in [2.75, 3.05) is 6.61 Å². The Bertz CT molecular complexity index is 1120. The quantitative estimate of drug-likeness (QED) is 0.0631. The minimum atomic E-state index is -0.333. The summed E-state index contributed by atoms with van der Waals surface area (Å²) < 4.78 is 11.5. The van der Waals surface area contributed by atoms with E-state index in [-0.39, 0.29) is 5.97 Å². The molecule has 0 fully saturated rings. The van der Waals surface area contributed by atoms with E-state index in [1.54, 1.807) is 0 Å². The molecule has 0 unspecified atom stereocenters. The molecule has 1 heterocycles. The Hall–Kier alpha value is -2.98. The maximum atomic E-state index is 12.7. The van der Waals surface area contributed by atoms with Gasteiger partial charge >= 0.3 is 5.97 Å². The summed E-state index contributed by atoms with van der Waals surface area (Å²) in [5.74, 6) is 0.198. The van der Waals surface area contributed by atoms with Crippen molar-refractivity contribution in [3.63, 3.8) is 0 Å². The van der Waals surface area contributed by atoms with Crippen LogP contribution in [0.5, 0.6) is 5.75 Å². The zero-order valence-electron chi connectivity index (χ0n) is 27.0. The minimum absolute atomic E-state index is 0.333. The molecule has 0 saturated carbocycles. The molecule has 3 rings (SSSR count). The summed E-state index contributed by atoms with van der Waals surface area (Å²) in [6.07, 6.45) is 24.0. The first-order valence-electron chi connectivity index (χ1n) is 17.1. The zero-order chi connectivity index (χ0) is 30.4. The molecule has 0 aliphatic rings. The number of carbonyl (C=O) groups excluding carboxylic acids is 1. The summed E-state index contributed by atoms with van der Waals surface area (Å²) in [4.78, 5) is 17.3. The van der Waals surface area contributed by atoms with E-state index in [0.29, 0.717) is 17.9 Å². The number of aryl methyl sites for hydroxylation is 1. The fourth-order valence-corrected chi connectivity index (χ4v) is 5.34. The molecule has 4 nitrogen and oxygen atoms in total. The second-order valence-corrected chi connectivity index (χ2v) is 11.9. The van der Waals surface area contributed by atoms with Gasteiger partial charge in [0, 0.05) is 18.4 Å². The first-order valence-corrected chi connectivity index (χ1v) is 17.1. The predicted molar refractivity (Wildman–Crippen MR) is 180 cm³/mol.